The van der Waals surface area contributed by atoms with Gasteiger partial charge in [0, 0.05) is 23.3 Å². The molecule has 106 valence electrons. The van der Waals surface area contributed by atoms with Crippen LogP contribution in [0.25, 0.3) is 0 Å². The van der Waals surface area contributed by atoms with Crippen molar-refractivity contribution in [3.8, 4) is 0 Å². The molecule has 0 spiro atoms. The predicted molar refractivity (Wildman–Crippen MR) is 77.3 cm³/mol. The van der Waals surface area contributed by atoms with Crippen LogP contribution in [-0.2, 0) is 0 Å². The Morgan fingerprint density at radius 3 is 2.90 bits per heavy atom. The third kappa shape index (κ3) is 2.78. The summed E-state index contributed by atoms with van der Waals surface area (Å²) in [6.07, 6.45) is 5.98. The molecule has 6 heteroatoms. The van der Waals surface area contributed by atoms with Crippen LogP contribution in [0.2, 0.25) is 5.02 Å². The van der Waals surface area contributed by atoms with Gasteiger partial charge in [0.2, 0.25) is 0 Å². The SMILES string of the molecule is NCC(Nc1cc(F)cc(Cl)c1)c1cncn1C1CC1. The molecular formula is C14H16ClFN4. The van der Waals surface area contributed by atoms with Gasteiger partial charge >= 0.3 is 0 Å². The Bertz CT molecular complexity index is 589. The Labute approximate surface area is 121 Å². The highest BCUT2D eigenvalue weighted by Gasteiger charge is 2.27. The molecule has 0 aliphatic heterocycles. The fourth-order valence-corrected chi connectivity index (χ4v) is 2.56. The van der Waals surface area contributed by atoms with Gasteiger partial charge in [-0.2, -0.15) is 0 Å². The van der Waals surface area contributed by atoms with Gasteiger partial charge in [-0.25, -0.2) is 9.37 Å². The lowest BCUT2D eigenvalue weighted by Gasteiger charge is -2.20. The summed E-state index contributed by atoms with van der Waals surface area (Å²) < 4.78 is 15.5. The van der Waals surface area contributed by atoms with Crippen molar-refractivity contribution >= 4 is 17.3 Å². The second kappa shape index (κ2) is 5.42. The van der Waals surface area contributed by atoms with Crippen LogP contribution in [0, 0.1) is 5.82 Å². The van der Waals surface area contributed by atoms with Crippen LogP contribution in [0.4, 0.5) is 10.1 Å². The Kier molecular flexibility index (Phi) is 3.63. The number of nitrogens with two attached hydrogens (primary N) is 1. The Balaban J connectivity index is 1.84. The van der Waals surface area contributed by atoms with Gasteiger partial charge < -0.3 is 15.6 Å². The Hall–Kier alpha value is -1.59. The average Bonchev–Trinajstić information content (AvgIpc) is 3.13. The lowest BCUT2D eigenvalue weighted by atomic mass is 10.2. The van der Waals surface area contributed by atoms with E-state index in [0.717, 1.165) is 5.69 Å². The average molecular weight is 295 g/mol. The summed E-state index contributed by atoms with van der Waals surface area (Å²) >= 11 is 5.86. The first-order chi connectivity index (χ1) is 9.67. The number of nitrogens with one attached hydrogen (secondary N) is 1. The van der Waals surface area contributed by atoms with Crippen molar-refractivity contribution in [3.05, 3.63) is 47.3 Å². The van der Waals surface area contributed by atoms with Crippen LogP contribution in [0.15, 0.2) is 30.7 Å². The van der Waals surface area contributed by atoms with Crippen molar-refractivity contribution < 1.29 is 4.39 Å². The number of hydrogen-bond donors (Lipinski definition) is 2. The van der Waals surface area contributed by atoms with E-state index in [2.05, 4.69) is 14.9 Å². The van der Waals surface area contributed by atoms with E-state index in [1.54, 1.807) is 6.07 Å². The van der Waals surface area contributed by atoms with Crippen LogP contribution in [0.5, 0.6) is 0 Å². The molecule has 1 atom stereocenters. The zero-order valence-corrected chi connectivity index (χ0v) is 11.6. The minimum Gasteiger partial charge on any atom is -0.375 e. The molecule has 0 saturated heterocycles. The van der Waals surface area contributed by atoms with Gasteiger partial charge in [-0.3, -0.25) is 0 Å². The standard InChI is InChI=1S/C14H16ClFN4/c15-9-3-10(16)5-11(4-9)19-13(6-17)14-7-18-8-20(14)12-1-2-12/h3-5,7-8,12-13,19H,1-2,6,17H2. The highest BCUT2D eigenvalue weighted by Crippen LogP contribution is 2.37. The first-order valence-electron chi connectivity index (χ1n) is 6.62. The number of aromatic nitrogens is 2. The van der Waals surface area contributed by atoms with Crippen molar-refractivity contribution in [3.63, 3.8) is 0 Å². The first-order valence-corrected chi connectivity index (χ1v) is 6.99. The predicted octanol–water partition coefficient (Wildman–Crippen LogP) is 3.12. The van der Waals surface area contributed by atoms with Gasteiger partial charge in [-0.1, -0.05) is 11.6 Å². The molecule has 1 fully saturated rings. The molecule has 20 heavy (non-hydrogen) atoms. The fourth-order valence-electron chi connectivity index (χ4n) is 2.33. The molecule has 1 aromatic carbocycles. The molecule has 0 amide bonds. The van der Waals surface area contributed by atoms with E-state index in [1.807, 2.05) is 12.5 Å². The summed E-state index contributed by atoms with van der Waals surface area (Å²) in [5, 5.41) is 3.59. The number of imidazole rings is 1. The number of halogens is 2. The monoisotopic (exact) mass is 294 g/mol. The molecule has 3 rings (SSSR count). The van der Waals surface area contributed by atoms with Crippen LogP contribution < -0.4 is 11.1 Å². The van der Waals surface area contributed by atoms with Crippen molar-refractivity contribution in [2.45, 2.75) is 24.9 Å². The Morgan fingerprint density at radius 1 is 1.45 bits per heavy atom. The molecule has 1 heterocycles. The van der Waals surface area contributed by atoms with Crippen molar-refractivity contribution in [2.24, 2.45) is 5.73 Å². The topological polar surface area (TPSA) is 55.9 Å². The highest BCUT2D eigenvalue weighted by atomic mass is 35.5. The molecule has 2 aromatic rings. The van der Waals surface area contributed by atoms with E-state index in [9.17, 15) is 4.39 Å². The maximum absolute atomic E-state index is 13.4. The Morgan fingerprint density at radius 2 is 2.25 bits per heavy atom. The third-order valence-electron chi connectivity index (χ3n) is 3.43. The number of anilines is 1. The molecule has 1 unspecified atom stereocenters. The largest absolute Gasteiger partial charge is 0.375 e. The molecule has 4 nitrogen and oxygen atoms in total. The van der Waals surface area contributed by atoms with Gasteiger partial charge in [0.15, 0.2) is 0 Å². The van der Waals surface area contributed by atoms with E-state index in [4.69, 9.17) is 17.3 Å². The maximum atomic E-state index is 13.4. The lowest BCUT2D eigenvalue weighted by Crippen LogP contribution is -2.23. The van der Waals surface area contributed by atoms with Crippen molar-refractivity contribution in [1.82, 2.24) is 9.55 Å². The van der Waals surface area contributed by atoms with Crippen molar-refractivity contribution in [2.75, 3.05) is 11.9 Å². The second-order valence-corrected chi connectivity index (χ2v) is 5.48. The van der Waals surface area contributed by atoms with E-state index in [0.29, 0.717) is 23.3 Å². The van der Waals surface area contributed by atoms with Crippen molar-refractivity contribution in [1.29, 1.82) is 0 Å². The quantitative estimate of drug-likeness (QED) is 0.891. The number of nitrogens with zero attached hydrogens (tertiary/aromatic N) is 2. The molecule has 0 radical (unpaired) electrons. The third-order valence-corrected chi connectivity index (χ3v) is 3.65. The summed E-state index contributed by atoms with van der Waals surface area (Å²) in [5.74, 6) is -0.369. The van der Waals surface area contributed by atoms with Gasteiger partial charge in [-0.05, 0) is 31.0 Å². The molecular weight excluding hydrogens is 279 g/mol. The van der Waals surface area contributed by atoms with Gasteiger partial charge in [0.25, 0.3) is 0 Å². The summed E-state index contributed by atoms with van der Waals surface area (Å²) in [6, 6.07) is 4.78. The minimum atomic E-state index is -0.369. The van der Waals surface area contributed by atoms with Crippen LogP contribution >= 0.6 is 11.6 Å². The van der Waals surface area contributed by atoms with E-state index in [-0.39, 0.29) is 11.9 Å². The minimum absolute atomic E-state index is 0.115. The zero-order chi connectivity index (χ0) is 14.1. The summed E-state index contributed by atoms with van der Waals surface area (Å²) in [6.45, 7) is 0.395. The number of hydrogen-bond acceptors (Lipinski definition) is 3. The fraction of sp³-hybridized carbons (Fsp3) is 0.357. The normalized spacial score (nSPS) is 16.1. The molecule has 1 aliphatic rings. The number of rotatable bonds is 5. The van der Waals surface area contributed by atoms with Gasteiger partial charge in [-0.15, -0.1) is 0 Å². The van der Waals surface area contributed by atoms with Crippen LogP contribution in [0.3, 0.4) is 0 Å². The summed E-state index contributed by atoms with van der Waals surface area (Å²) in [4.78, 5) is 4.20. The molecule has 3 N–H and O–H groups in total. The smallest absolute Gasteiger partial charge is 0.126 e. The summed E-state index contributed by atoms with van der Waals surface area (Å²) in [5.41, 5.74) is 7.49. The second-order valence-electron chi connectivity index (χ2n) is 5.05. The van der Waals surface area contributed by atoms with E-state index < -0.39 is 0 Å². The zero-order valence-electron chi connectivity index (χ0n) is 10.9. The van der Waals surface area contributed by atoms with E-state index in [1.165, 1.54) is 25.0 Å². The van der Waals surface area contributed by atoms with Gasteiger partial charge in [0.1, 0.15) is 5.82 Å². The molecule has 1 aromatic heterocycles. The number of benzene rings is 1. The van der Waals surface area contributed by atoms with Crippen LogP contribution in [0.1, 0.15) is 30.6 Å². The van der Waals surface area contributed by atoms with E-state index >= 15 is 0 Å². The molecule has 0 bridgehead atoms. The first kappa shape index (κ1) is 13.4. The highest BCUT2D eigenvalue weighted by molar-refractivity contribution is 6.30. The summed E-state index contributed by atoms with van der Waals surface area (Å²) in [7, 11) is 0. The lowest BCUT2D eigenvalue weighted by molar-refractivity contribution is 0.624. The van der Waals surface area contributed by atoms with Gasteiger partial charge in [0.05, 0.1) is 24.3 Å². The molecule has 1 saturated carbocycles. The van der Waals surface area contributed by atoms with Crippen LogP contribution in [-0.4, -0.2) is 16.1 Å². The molecule has 1 aliphatic carbocycles. The maximum Gasteiger partial charge on any atom is 0.126 e.